The molecule has 0 bridgehead atoms. The molecular weight excluding hydrogens is 411 g/mol. The van der Waals surface area contributed by atoms with Crippen LogP contribution in [0.3, 0.4) is 0 Å². The zero-order chi connectivity index (χ0) is 21.6. The molecule has 0 spiro atoms. The average Bonchev–Trinajstić information content (AvgIpc) is 3.49. The van der Waals surface area contributed by atoms with Crippen molar-refractivity contribution in [3.63, 3.8) is 0 Å². The molecule has 2 aliphatic rings. The molecular formula is C21H22F3N5O2. The molecule has 2 fully saturated rings. The second-order valence-electron chi connectivity index (χ2n) is 8.10. The molecule has 1 aromatic carbocycles. The van der Waals surface area contributed by atoms with Gasteiger partial charge in [-0.1, -0.05) is 5.10 Å². The number of alkyl halides is 3. The van der Waals surface area contributed by atoms with Crippen LogP contribution in [0.4, 0.5) is 19.2 Å². The Morgan fingerprint density at radius 3 is 2.71 bits per heavy atom. The molecule has 1 aliphatic heterocycles. The minimum absolute atomic E-state index is 0.0758. The van der Waals surface area contributed by atoms with Gasteiger partial charge in [0.2, 0.25) is 0 Å². The SMILES string of the molecule is Cc1cc(-c2nnc(NCC3CCOCN3)o2)nc2c(C(F)(F)F)cc(C3CC3)cc12. The number of nitrogens with one attached hydrogen (secondary N) is 2. The number of nitrogens with zero attached hydrogens (tertiary/aromatic N) is 3. The maximum absolute atomic E-state index is 13.8. The first-order chi connectivity index (χ1) is 14.9. The van der Waals surface area contributed by atoms with Gasteiger partial charge in [-0.05, 0) is 61.4 Å². The summed E-state index contributed by atoms with van der Waals surface area (Å²) in [6.07, 6.45) is -1.80. The molecule has 1 aliphatic carbocycles. The zero-order valence-corrected chi connectivity index (χ0v) is 16.9. The topological polar surface area (TPSA) is 85.1 Å². The predicted molar refractivity (Wildman–Crippen MR) is 108 cm³/mol. The maximum atomic E-state index is 13.8. The smallest absolute Gasteiger partial charge is 0.402 e. The molecule has 2 N–H and O–H groups in total. The Hall–Kier alpha value is -2.72. The van der Waals surface area contributed by atoms with Crippen LogP contribution >= 0.6 is 0 Å². The fraction of sp³-hybridized carbons (Fsp3) is 0.476. The predicted octanol–water partition coefficient (Wildman–Crippen LogP) is 4.24. The third-order valence-corrected chi connectivity index (χ3v) is 5.73. The average molecular weight is 433 g/mol. The fourth-order valence-corrected chi connectivity index (χ4v) is 3.85. The van der Waals surface area contributed by atoms with Crippen LogP contribution in [0, 0.1) is 6.92 Å². The molecule has 3 heterocycles. The molecule has 7 nitrogen and oxygen atoms in total. The van der Waals surface area contributed by atoms with Gasteiger partial charge in [-0.25, -0.2) is 4.98 Å². The van der Waals surface area contributed by atoms with Gasteiger partial charge >= 0.3 is 12.2 Å². The van der Waals surface area contributed by atoms with Crippen LogP contribution in [-0.4, -0.2) is 41.1 Å². The standard InChI is InChI=1S/C21H22F3N5O2/c1-11-6-17(19-28-29-20(31-19)25-9-14-4-5-30-10-26-14)27-18-15(11)7-13(12-2-3-12)8-16(18)21(22,23)24/h6-8,12,14,26H,2-5,9-10H2,1H3,(H,25,29). The third kappa shape index (κ3) is 4.22. The summed E-state index contributed by atoms with van der Waals surface area (Å²) < 4.78 is 52.3. The van der Waals surface area contributed by atoms with Gasteiger partial charge in [0.25, 0.3) is 5.89 Å². The lowest BCUT2D eigenvalue weighted by Crippen LogP contribution is -2.41. The summed E-state index contributed by atoms with van der Waals surface area (Å²) in [6.45, 7) is 3.51. The van der Waals surface area contributed by atoms with Gasteiger partial charge < -0.3 is 14.5 Å². The third-order valence-electron chi connectivity index (χ3n) is 5.73. The van der Waals surface area contributed by atoms with Gasteiger partial charge in [0, 0.05) is 24.6 Å². The lowest BCUT2D eigenvalue weighted by atomic mass is 9.98. The summed E-state index contributed by atoms with van der Waals surface area (Å²) in [5.41, 5.74) is 0.821. The van der Waals surface area contributed by atoms with Crippen molar-refractivity contribution in [2.24, 2.45) is 0 Å². The van der Waals surface area contributed by atoms with Crippen molar-refractivity contribution in [1.82, 2.24) is 20.5 Å². The normalized spacial score (nSPS) is 19.7. The number of anilines is 1. The quantitative estimate of drug-likeness (QED) is 0.623. The van der Waals surface area contributed by atoms with Crippen molar-refractivity contribution < 1.29 is 22.3 Å². The van der Waals surface area contributed by atoms with Crippen molar-refractivity contribution in [1.29, 1.82) is 0 Å². The molecule has 2 aromatic heterocycles. The van der Waals surface area contributed by atoms with Crippen molar-refractivity contribution in [2.75, 3.05) is 25.2 Å². The van der Waals surface area contributed by atoms with E-state index in [1.54, 1.807) is 13.0 Å². The number of aromatic nitrogens is 3. The Bertz CT molecular complexity index is 1100. The van der Waals surface area contributed by atoms with E-state index in [0.29, 0.717) is 30.8 Å². The minimum Gasteiger partial charge on any atom is -0.402 e. The largest absolute Gasteiger partial charge is 0.418 e. The molecule has 1 saturated heterocycles. The van der Waals surface area contributed by atoms with Crippen LogP contribution in [0.2, 0.25) is 0 Å². The second kappa shape index (κ2) is 7.76. The first-order valence-corrected chi connectivity index (χ1v) is 10.3. The molecule has 0 radical (unpaired) electrons. The molecule has 1 saturated carbocycles. The van der Waals surface area contributed by atoms with Gasteiger partial charge in [-0.15, -0.1) is 5.10 Å². The Kier molecular flexibility index (Phi) is 5.05. The number of fused-ring (bicyclic) bond motifs is 1. The molecule has 5 rings (SSSR count). The van der Waals surface area contributed by atoms with Gasteiger partial charge in [0.05, 0.1) is 17.8 Å². The van der Waals surface area contributed by atoms with E-state index in [4.69, 9.17) is 9.15 Å². The van der Waals surface area contributed by atoms with Crippen LogP contribution < -0.4 is 10.6 Å². The van der Waals surface area contributed by atoms with Crippen LogP contribution in [0.5, 0.6) is 0 Å². The van der Waals surface area contributed by atoms with Crippen molar-refractivity contribution in [3.8, 4) is 11.6 Å². The number of ether oxygens (including phenoxy) is 1. The van der Waals surface area contributed by atoms with Gasteiger partial charge in [0.15, 0.2) is 0 Å². The van der Waals surface area contributed by atoms with E-state index in [1.807, 2.05) is 6.07 Å². The van der Waals surface area contributed by atoms with Gasteiger partial charge in [-0.3, -0.25) is 5.32 Å². The van der Waals surface area contributed by atoms with E-state index in [0.717, 1.165) is 24.8 Å². The van der Waals surface area contributed by atoms with E-state index < -0.39 is 11.7 Å². The van der Waals surface area contributed by atoms with E-state index in [9.17, 15) is 13.2 Å². The first kappa shape index (κ1) is 20.2. The lowest BCUT2D eigenvalue weighted by Gasteiger charge is -2.23. The van der Waals surface area contributed by atoms with Gasteiger partial charge in [0.1, 0.15) is 5.69 Å². The number of aryl methyl sites for hydroxylation is 1. The Balaban J connectivity index is 1.46. The summed E-state index contributed by atoms with van der Waals surface area (Å²) in [5.74, 6) is 0.284. The first-order valence-electron chi connectivity index (χ1n) is 10.3. The lowest BCUT2D eigenvalue weighted by molar-refractivity contribution is -0.136. The molecule has 3 aromatic rings. The van der Waals surface area contributed by atoms with E-state index in [-0.39, 0.29) is 35.1 Å². The monoisotopic (exact) mass is 433 g/mol. The fourth-order valence-electron chi connectivity index (χ4n) is 3.85. The molecule has 1 atom stereocenters. The highest BCUT2D eigenvalue weighted by Crippen LogP contribution is 2.45. The number of halogens is 3. The van der Waals surface area contributed by atoms with Crippen LogP contribution in [0.15, 0.2) is 22.6 Å². The summed E-state index contributed by atoms with van der Waals surface area (Å²) in [7, 11) is 0. The number of rotatable bonds is 5. The summed E-state index contributed by atoms with van der Waals surface area (Å²) in [4.78, 5) is 4.28. The molecule has 10 heteroatoms. The highest BCUT2D eigenvalue weighted by molar-refractivity contribution is 5.88. The van der Waals surface area contributed by atoms with Crippen LogP contribution in [0.25, 0.3) is 22.5 Å². The summed E-state index contributed by atoms with van der Waals surface area (Å²) in [6, 6.07) is 5.16. The highest BCUT2D eigenvalue weighted by Gasteiger charge is 2.36. The molecule has 0 amide bonds. The van der Waals surface area contributed by atoms with Crippen LogP contribution in [-0.2, 0) is 10.9 Å². The van der Waals surface area contributed by atoms with E-state index in [1.165, 1.54) is 6.07 Å². The van der Waals surface area contributed by atoms with Crippen molar-refractivity contribution in [3.05, 3.63) is 34.9 Å². The van der Waals surface area contributed by atoms with Gasteiger partial charge in [-0.2, -0.15) is 13.2 Å². The zero-order valence-electron chi connectivity index (χ0n) is 16.9. The highest BCUT2D eigenvalue weighted by atomic mass is 19.4. The maximum Gasteiger partial charge on any atom is 0.418 e. The van der Waals surface area contributed by atoms with Crippen molar-refractivity contribution >= 4 is 16.9 Å². The number of hydrogen-bond donors (Lipinski definition) is 2. The van der Waals surface area contributed by atoms with E-state index >= 15 is 0 Å². The molecule has 1 unspecified atom stereocenters. The molecule has 31 heavy (non-hydrogen) atoms. The van der Waals surface area contributed by atoms with Crippen LogP contribution in [0.1, 0.15) is 41.9 Å². The Morgan fingerprint density at radius 1 is 1.16 bits per heavy atom. The minimum atomic E-state index is -4.50. The number of hydrogen-bond acceptors (Lipinski definition) is 7. The second-order valence-corrected chi connectivity index (χ2v) is 8.10. The number of benzene rings is 1. The van der Waals surface area contributed by atoms with Crippen molar-refractivity contribution in [2.45, 2.75) is 44.3 Å². The Labute approximate surface area is 176 Å². The Morgan fingerprint density at radius 2 is 2.00 bits per heavy atom. The number of pyridine rings is 1. The summed E-state index contributed by atoms with van der Waals surface area (Å²) in [5, 5.41) is 14.7. The summed E-state index contributed by atoms with van der Waals surface area (Å²) >= 11 is 0. The van der Waals surface area contributed by atoms with E-state index in [2.05, 4.69) is 25.8 Å². The molecule has 164 valence electrons.